The van der Waals surface area contributed by atoms with Crippen LogP contribution in [0.3, 0.4) is 0 Å². The highest BCUT2D eigenvalue weighted by atomic mass is 35.5. The van der Waals surface area contributed by atoms with Crippen molar-refractivity contribution in [2.75, 3.05) is 10.8 Å². The van der Waals surface area contributed by atoms with Gasteiger partial charge in [0, 0.05) is 22.6 Å². The normalized spacial score (nSPS) is 12.9. The van der Waals surface area contributed by atoms with Crippen molar-refractivity contribution >= 4 is 73.9 Å². The molecule has 41 heavy (non-hydrogen) atoms. The SMILES string of the molecule is CC[C@@H](C)NC(=O)[C@@H](C)N(Cc1ccc(Cl)cc1Cl)C(=O)CN(c1ccc(Cl)c(Cl)c1)S(=O)(=O)c1ccc(C)cc1. The third-order valence-electron chi connectivity index (χ3n) is 6.60. The molecule has 2 atom stereocenters. The van der Waals surface area contributed by atoms with Crippen molar-refractivity contribution in [3.05, 3.63) is 91.9 Å². The van der Waals surface area contributed by atoms with E-state index in [9.17, 15) is 18.0 Å². The van der Waals surface area contributed by atoms with Gasteiger partial charge in [-0.05, 0) is 75.2 Å². The summed E-state index contributed by atoms with van der Waals surface area (Å²) in [5.41, 5.74) is 1.54. The fourth-order valence-corrected chi connectivity index (χ4v) is 6.05. The van der Waals surface area contributed by atoms with E-state index in [1.807, 2.05) is 20.8 Å². The van der Waals surface area contributed by atoms with Crippen molar-refractivity contribution in [3.8, 4) is 0 Å². The summed E-state index contributed by atoms with van der Waals surface area (Å²) in [6.07, 6.45) is 0.690. The van der Waals surface area contributed by atoms with Gasteiger partial charge in [-0.1, -0.05) is 77.1 Å². The maximum absolute atomic E-state index is 14.0. The van der Waals surface area contributed by atoms with Gasteiger partial charge >= 0.3 is 0 Å². The number of anilines is 1. The highest BCUT2D eigenvalue weighted by Gasteiger charge is 2.33. The minimum Gasteiger partial charge on any atom is -0.352 e. The largest absolute Gasteiger partial charge is 0.352 e. The van der Waals surface area contributed by atoms with Crippen LogP contribution >= 0.6 is 46.4 Å². The Morgan fingerprint density at radius 3 is 2.12 bits per heavy atom. The second-order valence-electron chi connectivity index (χ2n) is 9.67. The Bertz CT molecular complexity index is 1520. The van der Waals surface area contributed by atoms with Gasteiger partial charge in [-0.15, -0.1) is 0 Å². The lowest BCUT2D eigenvalue weighted by molar-refractivity contribution is -0.139. The van der Waals surface area contributed by atoms with Crippen molar-refractivity contribution in [2.24, 2.45) is 0 Å². The summed E-state index contributed by atoms with van der Waals surface area (Å²) in [4.78, 5) is 28.4. The Morgan fingerprint density at radius 2 is 1.54 bits per heavy atom. The van der Waals surface area contributed by atoms with Gasteiger partial charge in [0.1, 0.15) is 12.6 Å². The molecular formula is C29H31Cl4N3O4S. The monoisotopic (exact) mass is 657 g/mol. The number of rotatable bonds is 11. The van der Waals surface area contributed by atoms with Gasteiger partial charge in [-0.2, -0.15) is 0 Å². The summed E-state index contributed by atoms with van der Waals surface area (Å²) >= 11 is 24.8. The van der Waals surface area contributed by atoms with Gasteiger partial charge in [0.05, 0.1) is 20.6 Å². The zero-order valence-corrected chi connectivity index (χ0v) is 26.8. The number of halogens is 4. The van der Waals surface area contributed by atoms with Crippen LogP contribution in [0.1, 0.15) is 38.3 Å². The van der Waals surface area contributed by atoms with Gasteiger partial charge in [0.25, 0.3) is 10.0 Å². The van der Waals surface area contributed by atoms with Gasteiger partial charge in [-0.25, -0.2) is 8.42 Å². The molecule has 12 heteroatoms. The number of hydrogen-bond donors (Lipinski definition) is 1. The number of aryl methyl sites for hydroxylation is 1. The summed E-state index contributed by atoms with van der Waals surface area (Å²) < 4.78 is 28.8. The smallest absolute Gasteiger partial charge is 0.264 e. The van der Waals surface area contributed by atoms with E-state index in [0.717, 1.165) is 9.87 Å². The topological polar surface area (TPSA) is 86.8 Å². The zero-order valence-electron chi connectivity index (χ0n) is 23.0. The Balaban J connectivity index is 2.07. The number of amides is 2. The fraction of sp³-hybridized carbons (Fsp3) is 0.310. The van der Waals surface area contributed by atoms with Crippen LogP contribution in [0.5, 0.6) is 0 Å². The molecule has 3 aromatic rings. The molecule has 2 amide bonds. The van der Waals surface area contributed by atoms with Crippen molar-refractivity contribution in [1.29, 1.82) is 0 Å². The third-order valence-corrected chi connectivity index (χ3v) is 9.72. The number of nitrogens with one attached hydrogen (secondary N) is 1. The summed E-state index contributed by atoms with van der Waals surface area (Å²) in [7, 11) is -4.24. The first-order valence-electron chi connectivity index (χ1n) is 12.8. The predicted octanol–water partition coefficient (Wildman–Crippen LogP) is 7.14. The molecule has 7 nitrogen and oxygen atoms in total. The Kier molecular flexibility index (Phi) is 11.4. The van der Waals surface area contributed by atoms with Crippen molar-refractivity contribution in [1.82, 2.24) is 10.2 Å². The predicted molar refractivity (Wildman–Crippen MR) is 167 cm³/mol. The van der Waals surface area contributed by atoms with E-state index in [1.54, 1.807) is 31.2 Å². The molecule has 0 unspecified atom stereocenters. The van der Waals surface area contributed by atoms with E-state index in [0.29, 0.717) is 22.0 Å². The number of nitrogens with zero attached hydrogens (tertiary/aromatic N) is 2. The maximum Gasteiger partial charge on any atom is 0.264 e. The fourth-order valence-electron chi connectivity index (χ4n) is 3.89. The Hall–Kier alpha value is -2.49. The lowest BCUT2D eigenvalue weighted by atomic mass is 10.1. The van der Waals surface area contributed by atoms with E-state index in [2.05, 4.69) is 5.32 Å². The highest BCUT2D eigenvalue weighted by molar-refractivity contribution is 7.92. The summed E-state index contributed by atoms with van der Waals surface area (Å²) in [5, 5.41) is 3.94. The van der Waals surface area contributed by atoms with E-state index in [1.165, 1.54) is 41.3 Å². The first-order valence-corrected chi connectivity index (χ1v) is 15.8. The molecule has 0 spiro atoms. The van der Waals surface area contributed by atoms with Crippen LogP contribution in [-0.2, 0) is 26.2 Å². The standard InChI is InChI=1S/C29H31Cl4N3O4S/c1-5-19(3)34-29(38)20(4)35(16-21-8-9-22(30)14-26(21)32)28(37)17-36(23-10-13-25(31)27(33)15-23)41(39,40)24-11-6-18(2)7-12-24/h6-15,19-20H,5,16-17H2,1-4H3,(H,34,38)/t19-,20-/m1/s1. The zero-order chi connectivity index (χ0) is 30.5. The average Bonchev–Trinajstić information content (AvgIpc) is 2.92. The molecule has 0 aromatic heterocycles. The molecule has 0 saturated carbocycles. The minimum atomic E-state index is -4.24. The second-order valence-corrected chi connectivity index (χ2v) is 13.2. The van der Waals surface area contributed by atoms with Crippen molar-refractivity contribution in [3.63, 3.8) is 0 Å². The first kappa shape index (κ1) is 33.0. The van der Waals surface area contributed by atoms with Crippen molar-refractivity contribution < 1.29 is 18.0 Å². The molecule has 220 valence electrons. The van der Waals surface area contributed by atoms with Crippen LogP contribution in [0.15, 0.2) is 65.6 Å². The molecule has 0 fully saturated rings. The molecule has 0 heterocycles. The van der Waals surface area contributed by atoms with Crippen LogP contribution in [-0.4, -0.2) is 43.8 Å². The number of carbonyl (C=O) groups is 2. The second kappa shape index (κ2) is 14.1. The Morgan fingerprint density at radius 1 is 0.878 bits per heavy atom. The van der Waals surface area contributed by atoms with E-state index in [4.69, 9.17) is 46.4 Å². The quantitative estimate of drug-likeness (QED) is 0.237. The molecule has 1 N–H and O–H groups in total. The molecule has 0 aliphatic heterocycles. The van der Waals surface area contributed by atoms with Gasteiger partial charge in [0.15, 0.2) is 0 Å². The summed E-state index contributed by atoms with van der Waals surface area (Å²) in [6, 6.07) is 14.3. The van der Waals surface area contributed by atoms with Crippen LogP contribution < -0.4 is 9.62 Å². The average molecular weight is 659 g/mol. The highest BCUT2D eigenvalue weighted by Crippen LogP contribution is 2.31. The Labute approximate surface area is 261 Å². The molecule has 3 aromatic carbocycles. The molecule has 0 bridgehead atoms. The molecule has 0 saturated heterocycles. The van der Waals surface area contributed by atoms with E-state index in [-0.39, 0.29) is 39.1 Å². The minimum absolute atomic E-state index is 0.0168. The molecule has 3 rings (SSSR count). The van der Waals surface area contributed by atoms with Crippen LogP contribution in [0.2, 0.25) is 20.1 Å². The lowest BCUT2D eigenvalue weighted by Crippen LogP contribution is -2.52. The summed E-state index contributed by atoms with van der Waals surface area (Å²) in [6.45, 7) is 6.51. The van der Waals surface area contributed by atoms with E-state index < -0.39 is 28.5 Å². The first-order chi connectivity index (χ1) is 19.2. The number of benzene rings is 3. The molecule has 0 aliphatic rings. The number of carbonyl (C=O) groups excluding carboxylic acids is 2. The van der Waals surface area contributed by atoms with E-state index >= 15 is 0 Å². The van der Waals surface area contributed by atoms with Crippen molar-refractivity contribution in [2.45, 2.75) is 57.6 Å². The van der Waals surface area contributed by atoms with Gasteiger partial charge in [-0.3, -0.25) is 13.9 Å². The van der Waals surface area contributed by atoms with Gasteiger partial charge < -0.3 is 10.2 Å². The summed E-state index contributed by atoms with van der Waals surface area (Å²) in [5.74, 6) is -1.02. The maximum atomic E-state index is 14.0. The van der Waals surface area contributed by atoms with Crippen LogP contribution in [0.4, 0.5) is 5.69 Å². The molecule has 0 radical (unpaired) electrons. The number of sulfonamides is 1. The van der Waals surface area contributed by atoms with Crippen LogP contribution in [0, 0.1) is 6.92 Å². The number of hydrogen-bond acceptors (Lipinski definition) is 4. The lowest BCUT2D eigenvalue weighted by Gasteiger charge is -2.32. The molecular weight excluding hydrogens is 628 g/mol. The molecule has 0 aliphatic carbocycles. The van der Waals surface area contributed by atoms with Gasteiger partial charge in [0.2, 0.25) is 11.8 Å². The third kappa shape index (κ3) is 8.30. The van der Waals surface area contributed by atoms with Crippen LogP contribution in [0.25, 0.3) is 0 Å².